The fraction of sp³-hybridized carbons (Fsp3) is 0.462. The molecule has 2 aromatic rings. The van der Waals surface area contributed by atoms with Crippen LogP contribution >= 0.6 is 0 Å². The van der Waals surface area contributed by atoms with Crippen molar-refractivity contribution in [3.63, 3.8) is 0 Å². The Morgan fingerprint density at radius 1 is 1.09 bits per heavy atom. The number of hydrogen-bond acceptors (Lipinski definition) is 5. The highest BCUT2D eigenvalue weighted by molar-refractivity contribution is 6.00. The lowest BCUT2D eigenvalue weighted by Crippen LogP contribution is -2.25. The van der Waals surface area contributed by atoms with Crippen molar-refractivity contribution in [3.05, 3.63) is 53.6 Å². The Morgan fingerprint density at radius 3 is 2.66 bits per heavy atom. The van der Waals surface area contributed by atoms with Crippen molar-refractivity contribution in [2.45, 2.75) is 46.0 Å². The molecule has 0 bridgehead atoms. The number of unbranched alkanes of at least 4 members (excludes halogenated alkanes) is 2. The number of para-hydroxylation sites is 1. The number of carbonyl (C=O) groups excluding carboxylic acids is 2. The average molecular weight is 441 g/mol. The Hall–Kier alpha value is -2.86. The molecule has 174 valence electrons. The molecule has 0 aliphatic carbocycles. The summed E-state index contributed by atoms with van der Waals surface area (Å²) < 4.78 is 10.7. The number of ketones is 1. The fourth-order valence-corrected chi connectivity index (χ4v) is 3.58. The molecule has 0 saturated carbocycles. The number of methoxy groups -OCH3 is 1. The molecule has 1 aliphatic rings. The molecule has 0 atom stereocenters. The molecule has 1 amide bonds. The van der Waals surface area contributed by atoms with E-state index in [1.54, 1.807) is 25.3 Å². The van der Waals surface area contributed by atoms with Crippen LogP contribution in [0.2, 0.25) is 0 Å². The summed E-state index contributed by atoms with van der Waals surface area (Å²) in [6.07, 6.45) is 4.40. The molecule has 2 aromatic carbocycles. The summed E-state index contributed by atoms with van der Waals surface area (Å²) in [6, 6.07) is 13.4. The van der Waals surface area contributed by atoms with E-state index in [0.29, 0.717) is 23.4 Å². The van der Waals surface area contributed by atoms with E-state index in [9.17, 15) is 9.59 Å². The minimum Gasteiger partial charge on any atom is -0.496 e. The molecule has 1 aliphatic heterocycles. The van der Waals surface area contributed by atoms with Crippen LogP contribution in [0, 0.1) is 0 Å². The van der Waals surface area contributed by atoms with Gasteiger partial charge in [0.15, 0.2) is 12.4 Å². The highest BCUT2D eigenvalue weighted by atomic mass is 16.5. The predicted octanol–water partition coefficient (Wildman–Crippen LogP) is 4.97. The van der Waals surface area contributed by atoms with Gasteiger partial charge in [0.05, 0.1) is 12.8 Å². The average Bonchev–Trinajstić information content (AvgIpc) is 2.83. The number of fused-ring (bicyclic) bond motifs is 1. The summed E-state index contributed by atoms with van der Waals surface area (Å²) in [4.78, 5) is 26.2. The summed E-state index contributed by atoms with van der Waals surface area (Å²) >= 11 is 0. The van der Waals surface area contributed by atoms with E-state index in [4.69, 9.17) is 9.47 Å². The number of likely N-dealkylation sites (N-methyl/N-ethyl adjacent to an activating group) is 1. The van der Waals surface area contributed by atoms with Gasteiger partial charge in [0.25, 0.3) is 5.91 Å². The van der Waals surface area contributed by atoms with E-state index in [-0.39, 0.29) is 18.3 Å². The van der Waals surface area contributed by atoms with Gasteiger partial charge in [0.1, 0.15) is 11.5 Å². The van der Waals surface area contributed by atoms with Crippen LogP contribution in [0.5, 0.6) is 11.5 Å². The van der Waals surface area contributed by atoms with Gasteiger partial charge < -0.3 is 19.7 Å². The van der Waals surface area contributed by atoms with Gasteiger partial charge in [-0.1, -0.05) is 38.5 Å². The molecule has 6 heteroatoms. The van der Waals surface area contributed by atoms with Gasteiger partial charge >= 0.3 is 0 Å². The number of hydrogen-bond donors (Lipinski definition) is 1. The van der Waals surface area contributed by atoms with E-state index in [1.165, 1.54) is 5.56 Å². The molecule has 0 spiro atoms. The van der Waals surface area contributed by atoms with Gasteiger partial charge in [-0.3, -0.25) is 9.59 Å². The van der Waals surface area contributed by atoms with Crippen molar-refractivity contribution in [1.82, 2.24) is 4.90 Å². The molecule has 0 aromatic heterocycles. The first kappa shape index (κ1) is 25.4. The summed E-state index contributed by atoms with van der Waals surface area (Å²) in [6.45, 7) is 6.00. The lowest BCUT2D eigenvalue weighted by molar-refractivity contribution is -0.118. The lowest BCUT2D eigenvalue weighted by atomic mass is 10.0. The molecule has 0 fully saturated rings. The summed E-state index contributed by atoms with van der Waals surface area (Å²) in [7, 11) is 3.84. The van der Waals surface area contributed by atoms with Crippen molar-refractivity contribution in [2.24, 2.45) is 0 Å². The largest absolute Gasteiger partial charge is 0.496 e. The van der Waals surface area contributed by atoms with Crippen molar-refractivity contribution in [2.75, 3.05) is 39.2 Å². The topological polar surface area (TPSA) is 67.9 Å². The molecule has 1 N–H and O–H groups in total. The van der Waals surface area contributed by atoms with Gasteiger partial charge in [-0.15, -0.1) is 0 Å². The predicted molar refractivity (Wildman–Crippen MR) is 129 cm³/mol. The minimum atomic E-state index is -0.193. The summed E-state index contributed by atoms with van der Waals surface area (Å²) in [5, 5.41) is 2.75. The Kier molecular flexibility index (Phi) is 10.7. The first-order valence-electron chi connectivity index (χ1n) is 11.5. The van der Waals surface area contributed by atoms with Gasteiger partial charge in [-0.2, -0.15) is 0 Å². The molecule has 6 nitrogen and oxygen atoms in total. The van der Waals surface area contributed by atoms with Crippen LogP contribution in [0.25, 0.3) is 0 Å². The fourth-order valence-electron chi connectivity index (χ4n) is 3.58. The molecule has 3 rings (SSSR count). The van der Waals surface area contributed by atoms with Gasteiger partial charge in [0, 0.05) is 18.5 Å². The van der Waals surface area contributed by atoms with Crippen molar-refractivity contribution in [1.29, 1.82) is 0 Å². The highest BCUT2D eigenvalue weighted by Gasteiger charge is 2.17. The quantitative estimate of drug-likeness (QED) is 0.395. The molecule has 32 heavy (non-hydrogen) atoms. The van der Waals surface area contributed by atoms with E-state index >= 15 is 0 Å². The molecule has 0 unspecified atom stereocenters. The van der Waals surface area contributed by atoms with E-state index < -0.39 is 0 Å². The Morgan fingerprint density at radius 2 is 1.88 bits per heavy atom. The third kappa shape index (κ3) is 7.68. The number of nitrogens with one attached hydrogen (secondary N) is 1. The molecular formula is C26H36N2O4. The SMILES string of the molecule is CC.COc1ccccc1CCN(C)CCCCCC(=O)c1ccc2c(c1)NC(=O)CO2. The first-order valence-corrected chi connectivity index (χ1v) is 11.5. The minimum absolute atomic E-state index is 0.0215. The van der Waals surface area contributed by atoms with Gasteiger partial charge in [-0.25, -0.2) is 0 Å². The number of benzene rings is 2. The van der Waals surface area contributed by atoms with Crippen LogP contribution in [0.1, 0.15) is 55.5 Å². The maximum Gasteiger partial charge on any atom is 0.262 e. The second-order valence-corrected chi connectivity index (χ2v) is 7.65. The second kappa shape index (κ2) is 13.5. The normalized spacial score (nSPS) is 12.2. The van der Waals surface area contributed by atoms with Gasteiger partial charge in [0.2, 0.25) is 0 Å². The van der Waals surface area contributed by atoms with Crippen LogP contribution in [0.15, 0.2) is 42.5 Å². The Balaban J connectivity index is 0.00000176. The molecular weight excluding hydrogens is 404 g/mol. The lowest BCUT2D eigenvalue weighted by Gasteiger charge is -2.18. The number of Topliss-reactive ketones (excluding diaryl/α,β-unsaturated/α-hetero) is 1. The van der Waals surface area contributed by atoms with Crippen LogP contribution in [-0.4, -0.2) is 50.4 Å². The molecule has 0 saturated heterocycles. The zero-order valence-corrected chi connectivity index (χ0v) is 19.8. The maximum atomic E-state index is 12.5. The van der Waals surface area contributed by atoms with Crippen LogP contribution < -0.4 is 14.8 Å². The standard InChI is InChI=1S/C24H30N2O4.C2H6/c1-26(15-13-18-8-5-6-10-22(18)29-2)14-7-3-4-9-21(27)19-11-12-23-20(16-19)25-24(28)17-30-23;1-2/h5-6,8,10-12,16H,3-4,7,9,13-15,17H2,1-2H3,(H,25,28);1-2H3. The number of carbonyl (C=O) groups is 2. The van der Waals surface area contributed by atoms with Gasteiger partial charge in [-0.05, 0) is 62.7 Å². The summed E-state index contributed by atoms with van der Waals surface area (Å²) in [5.74, 6) is 1.46. The van der Waals surface area contributed by atoms with E-state index in [0.717, 1.165) is 44.5 Å². The second-order valence-electron chi connectivity index (χ2n) is 7.65. The van der Waals surface area contributed by atoms with E-state index in [1.807, 2.05) is 32.0 Å². The van der Waals surface area contributed by atoms with E-state index in [2.05, 4.69) is 23.3 Å². The van der Waals surface area contributed by atoms with Crippen LogP contribution in [0.4, 0.5) is 5.69 Å². The van der Waals surface area contributed by atoms with Crippen molar-refractivity contribution >= 4 is 17.4 Å². The number of amides is 1. The number of ether oxygens (including phenoxy) is 2. The van der Waals surface area contributed by atoms with Crippen LogP contribution in [-0.2, 0) is 11.2 Å². The number of rotatable bonds is 11. The Bertz CT molecular complexity index is 882. The molecule has 1 heterocycles. The number of nitrogens with zero attached hydrogens (tertiary/aromatic N) is 1. The first-order chi connectivity index (χ1) is 15.6. The van der Waals surface area contributed by atoms with Crippen molar-refractivity contribution < 1.29 is 19.1 Å². The zero-order chi connectivity index (χ0) is 23.3. The summed E-state index contributed by atoms with van der Waals surface area (Å²) in [5.41, 5.74) is 2.42. The highest BCUT2D eigenvalue weighted by Crippen LogP contribution is 2.29. The smallest absolute Gasteiger partial charge is 0.262 e. The third-order valence-electron chi connectivity index (χ3n) is 5.33. The van der Waals surface area contributed by atoms with Crippen molar-refractivity contribution in [3.8, 4) is 11.5 Å². The van der Waals surface area contributed by atoms with Crippen LogP contribution in [0.3, 0.4) is 0 Å². The third-order valence-corrected chi connectivity index (χ3v) is 5.33. The zero-order valence-electron chi connectivity index (χ0n) is 19.8. The number of anilines is 1. The monoisotopic (exact) mass is 440 g/mol. The molecule has 0 radical (unpaired) electrons. The Labute approximate surface area is 191 Å². The maximum absolute atomic E-state index is 12.5.